The van der Waals surface area contributed by atoms with Crippen molar-refractivity contribution in [3.8, 4) is 0 Å². The van der Waals surface area contributed by atoms with Crippen molar-refractivity contribution in [1.29, 1.82) is 0 Å². The molecule has 0 aromatic rings. The zero-order valence-electron chi connectivity index (χ0n) is 15.5. The summed E-state index contributed by atoms with van der Waals surface area (Å²) in [5, 5.41) is 7.00. The van der Waals surface area contributed by atoms with Crippen LogP contribution in [-0.4, -0.2) is 29.1 Å². The van der Waals surface area contributed by atoms with E-state index in [1.165, 1.54) is 5.57 Å². The van der Waals surface area contributed by atoms with E-state index in [0.717, 1.165) is 16.6 Å². The summed E-state index contributed by atoms with van der Waals surface area (Å²) >= 11 is 3.42. The third-order valence-corrected chi connectivity index (χ3v) is 4.05. The van der Waals surface area contributed by atoms with Crippen LogP contribution in [-0.2, 0) is 9.53 Å². The number of allylic oxidation sites excluding steroid dienone is 4. The van der Waals surface area contributed by atoms with Crippen LogP contribution in [0.4, 0.5) is 0 Å². The van der Waals surface area contributed by atoms with Gasteiger partial charge in [0, 0.05) is 16.6 Å². The number of carbonyl (C=O) groups excluding carboxylic acids is 1. The molecule has 1 amide bonds. The molecule has 4 nitrogen and oxygen atoms in total. The molecule has 2 N–H and O–H groups in total. The Morgan fingerprint density at radius 2 is 2.12 bits per heavy atom. The van der Waals surface area contributed by atoms with Crippen molar-refractivity contribution in [2.75, 3.05) is 5.33 Å². The quantitative estimate of drug-likeness (QED) is 0.691. The van der Waals surface area contributed by atoms with E-state index in [9.17, 15) is 4.79 Å². The maximum Gasteiger partial charge on any atom is 0.252 e. The van der Waals surface area contributed by atoms with Crippen molar-refractivity contribution in [2.45, 2.75) is 59.4 Å². The van der Waals surface area contributed by atoms with E-state index in [4.69, 9.17) is 4.74 Å². The number of amides is 1. The molecule has 0 spiro atoms. The predicted molar refractivity (Wildman–Crippen MR) is 104 cm³/mol. The van der Waals surface area contributed by atoms with Gasteiger partial charge in [-0.2, -0.15) is 0 Å². The van der Waals surface area contributed by atoms with Crippen LogP contribution in [0, 0.1) is 0 Å². The molecule has 1 atom stereocenters. The summed E-state index contributed by atoms with van der Waals surface area (Å²) in [6.45, 7) is 15.8. The van der Waals surface area contributed by atoms with E-state index in [-0.39, 0.29) is 17.6 Å². The topological polar surface area (TPSA) is 50.4 Å². The number of nitrogens with one attached hydrogen (secondary N) is 2. The van der Waals surface area contributed by atoms with Gasteiger partial charge in [0.05, 0.1) is 11.7 Å². The summed E-state index contributed by atoms with van der Waals surface area (Å²) < 4.78 is 5.85. The first-order chi connectivity index (χ1) is 11.0. The third kappa shape index (κ3) is 6.65. The van der Waals surface area contributed by atoms with Crippen LogP contribution in [0.25, 0.3) is 0 Å². The SMILES string of the molecule is C=C1NC(OC(C)C)C(C(=O)NC(C)(C)C)=C/C1=C/C=C(/C)CBr. The number of rotatable bonds is 5. The monoisotopic (exact) mass is 396 g/mol. The van der Waals surface area contributed by atoms with Gasteiger partial charge in [-0.3, -0.25) is 4.79 Å². The second kappa shape index (κ2) is 8.67. The lowest BCUT2D eigenvalue weighted by atomic mass is 9.99. The number of hydrogen-bond donors (Lipinski definition) is 2. The lowest BCUT2D eigenvalue weighted by molar-refractivity contribution is -0.121. The van der Waals surface area contributed by atoms with E-state index in [1.54, 1.807) is 0 Å². The lowest BCUT2D eigenvalue weighted by Gasteiger charge is -2.31. The maximum atomic E-state index is 12.7. The van der Waals surface area contributed by atoms with Crippen molar-refractivity contribution in [3.05, 3.63) is 47.2 Å². The Morgan fingerprint density at radius 1 is 1.50 bits per heavy atom. The average Bonchev–Trinajstić information content (AvgIpc) is 2.43. The van der Waals surface area contributed by atoms with E-state index >= 15 is 0 Å². The fourth-order valence-corrected chi connectivity index (χ4v) is 2.24. The smallest absolute Gasteiger partial charge is 0.252 e. The highest BCUT2D eigenvalue weighted by Crippen LogP contribution is 2.23. The Kier molecular flexibility index (Phi) is 7.49. The fraction of sp³-hybridized carbons (Fsp3) is 0.526. The van der Waals surface area contributed by atoms with Gasteiger partial charge in [-0.05, 0) is 53.2 Å². The molecule has 134 valence electrons. The van der Waals surface area contributed by atoms with Crippen LogP contribution in [0.3, 0.4) is 0 Å². The fourth-order valence-electron chi connectivity index (χ4n) is 2.05. The number of halogens is 1. The molecule has 24 heavy (non-hydrogen) atoms. The van der Waals surface area contributed by atoms with Gasteiger partial charge in [0.2, 0.25) is 0 Å². The minimum absolute atomic E-state index is 0.0118. The molecule has 1 heterocycles. The van der Waals surface area contributed by atoms with Gasteiger partial charge in [0.15, 0.2) is 6.23 Å². The summed E-state index contributed by atoms with van der Waals surface area (Å²) in [5.74, 6) is -0.139. The van der Waals surface area contributed by atoms with Crippen LogP contribution in [0.15, 0.2) is 47.2 Å². The van der Waals surface area contributed by atoms with Crippen molar-refractivity contribution in [1.82, 2.24) is 10.6 Å². The Balaban J connectivity index is 3.20. The van der Waals surface area contributed by atoms with Gasteiger partial charge in [-0.15, -0.1) is 0 Å². The molecule has 1 aliphatic rings. The molecule has 1 unspecified atom stereocenters. The highest BCUT2D eigenvalue weighted by atomic mass is 79.9. The molecule has 0 aromatic heterocycles. The molecule has 5 heteroatoms. The molecule has 0 aliphatic carbocycles. The summed E-state index contributed by atoms with van der Waals surface area (Å²) in [6.07, 6.45) is 5.31. The van der Waals surface area contributed by atoms with Gasteiger partial charge in [0.1, 0.15) is 0 Å². The number of carbonyl (C=O) groups is 1. The van der Waals surface area contributed by atoms with Crippen LogP contribution in [0.2, 0.25) is 0 Å². The van der Waals surface area contributed by atoms with Crippen molar-refractivity contribution < 1.29 is 9.53 Å². The summed E-state index contributed by atoms with van der Waals surface area (Å²) in [7, 11) is 0. The third-order valence-electron chi connectivity index (χ3n) is 3.16. The van der Waals surface area contributed by atoms with Crippen molar-refractivity contribution in [2.24, 2.45) is 0 Å². The standard InChI is InChI=1S/C19H29BrN2O2/c1-12(2)24-18-16(17(23)22-19(5,6)7)10-15(14(4)21-18)9-8-13(3)11-20/h8-10,12,18,21H,4,11H2,1-3,5-7H3,(H,22,23)/b13-8-,15-9-. The van der Waals surface area contributed by atoms with Crippen molar-refractivity contribution in [3.63, 3.8) is 0 Å². The van der Waals surface area contributed by atoms with E-state index in [2.05, 4.69) is 33.1 Å². The van der Waals surface area contributed by atoms with Gasteiger partial charge < -0.3 is 15.4 Å². The first-order valence-electron chi connectivity index (χ1n) is 8.12. The Hall–Kier alpha value is -1.33. The van der Waals surface area contributed by atoms with Crippen LogP contribution in [0.1, 0.15) is 41.5 Å². The van der Waals surface area contributed by atoms with Gasteiger partial charge in [-0.25, -0.2) is 0 Å². The van der Waals surface area contributed by atoms with Crippen molar-refractivity contribution >= 4 is 21.8 Å². The zero-order chi connectivity index (χ0) is 18.5. The lowest BCUT2D eigenvalue weighted by Crippen LogP contribution is -2.48. The second-order valence-corrected chi connectivity index (χ2v) is 7.82. The Labute approximate surface area is 154 Å². The molecule has 0 bridgehead atoms. The summed E-state index contributed by atoms with van der Waals surface area (Å²) in [6, 6.07) is 0. The number of hydrogen-bond acceptors (Lipinski definition) is 3. The first kappa shape index (κ1) is 20.7. The molecule has 0 saturated heterocycles. The average molecular weight is 397 g/mol. The minimum Gasteiger partial charge on any atom is -0.356 e. The highest BCUT2D eigenvalue weighted by molar-refractivity contribution is 9.09. The van der Waals surface area contributed by atoms with Gasteiger partial charge in [0.25, 0.3) is 5.91 Å². The van der Waals surface area contributed by atoms with E-state index in [1.807, 2.05) is 59.8 Å². The van der Waals surface area contributed by atoms with Gasteiger partial charge in [-0.1, -0.05) is 40.2 Å². The molecule has 0 aromatic carbocycles. The van der Waals surface area contributed by atoms with Gasteiger partial charge >= 0.3 is 0 Å². The predicted octanol–water partition coefficient (Wildman–Crippen LogP) is 3.96. The Morgan fingerprint density at radius 3 is 2.62 bits per heavy atom. The molecule has 0 saturated carbocycles. The molecule has 0 radical (unpaired) electrons. The molecule has 1 aliphatic heterocycles. The van der Waals surface area contributed by atoms with Crippen LogP contribution >= 0.6 is 15.9 Å². The maximum absolute atomic E-state index is 12.7. The highest BCUT2D eigenvalue weighted by Gasteiger charge is 2.29. The minimum atomic E-state index is -0.502. The van der Waals surface area contributed by atoms with Crippen LogP contribution in [0.5, 0.6) is 0 Å². The first-order valence-corrected chi connectivity index (χ1v) is 9.24. The number of ether oxygens (including phenoxy) is 1. The second-order valence-electron chi connectivity index (χ2n) is 7.26. The zero-order valence-corrected chi connectivity index (χ0v) is 17.1. The van der Waals surface area contributed by atoms with E-state index < -0.39 is 6.23 Å². The summed E-state index contributed by atoms with van der Waals surface area (Å²) in [5.41, 5.74) is 3.04. The largest absolute Gasteiger partial charge is 0.356 e. The molecule has 0 fully saturated rings. The Bertz CT molecular complexity index is 581. The molecular formula is C19H29BrN2O2. The molecular weight excluding hydrogens is 368 g/mol. The normalized spacial score (nSPS) is 20.9. The van der Waals surface area contributed by atoms with Crippen LogP contribution < -0.4 is 10.6 Å². The number of alkyl halides is 1. The summed E-state index contributed by atoms with van der Waals surface area (Å²) in [4.78, 5) is 12.7. The molecule has 1 rings (SSSR count). The van der Waals surface area contributed by atoms with E-state index in [0.29, 0.717) is 5.57 Å².